The Labute approximate surface area is 106 Å². The van der Waals surface area contributed by atoms with Crippen LogP contribution in [0.25, 0.3) is 0 Å². The zero-order valence-electron chi connectivity index (χ0n) is 10.0. The van der Waals surface area contributed by atoms with E-state index in [-0.39, 0.29) is 18.1 Å². The molecule has 0 aromatic heterocycles. The van der Waals surface area contributed by atoms with E-state index >= 15 is 0 Å². The van der Waals surface area contributed by atoms with Crippen LogP contribution >= 0.6 is 0 Å². The lowest BCUT2D eigenvalue weighted by atomic mass is 9.91. The number of carbonyl (C=O) groups is 2. The third-order valence-corrected chi connectivity index (χ3v) is 3.15. The van der Waals surface area contributed by atoms with Crippen LogP contribution < -0.4 is 4.90 Å². The van der Waals surface area contributed by atoms with E-state index in [9.17, 15) is 9.59 Å². The number of carbonyl (C=O) groups excluding carboxylic acids is 2. The van der Waals surface area contributed by atoms with E-state index in [4.69, 9.17) is 5.26 Å². The van der Waals surface area contributed by atoms with Crippen molar-refractivity contribution in [3.8, 4) is 6.07 Å². The van der Waals surface area contributed by atoms with Crippen LogP contribution in [0.1, 0.15) is 19.3 Å². The van der Waals surface area contributed by atoms with Crippen molar-refractivity contribution in [2.24, 2.45) is 5.92 Å². The maximum absolute atomic E-state index is 12.2. The van der Waals surface area contributed by atoms with Gasteiger partial charge >= 0.3 is 0 Å². The van der Waals surface area contributed by atoms with Crippen molar-refractivity contribution in [1.29, 1.82) is 5.26 Å². The number of piperidine rings is 1. The first-order valence-corrected chi connectivity index (χ1v) is 6.00. The van der Waals surface area contributed by atoms with E-state index in [0.29, 0.717) is 13.0 Å². The number of hydrogen-bond donors (Lipinski definition) is 0. The van der Waals surface area contributed by atoms with E-state index < -0.39 is 5.92 Å². The van der Waals surface area contributed by atoms with Gasteiger partial charge in [-0.1, -0.05) is 18.2 Å². The molecule has 1 amide bonds. The Balaban J connectivity index is 2.18. The Kier molecular flexibility index (Phi) is 3.73. The van der Waals surface area contributed by atoms with Gasteiger partial charge in [-0.3, -0.25) is 9.59 Å². The number of nitriles is 1. The van der Waals surface area contributed by atoms with Gasteiger partial charge in [0.2, 0.25) is 5.91 Å². The summed E-state index contributed by atoms with van der Waals surface area (Å²) in [6, 6.07) is 11.1. The minimum atomic E-state index is -0.640. The molecule has 2 rings (SSSR count). The molecule has 0 bridgehead atoms. The fourth-order valence-electron chi connectivity index (χ4n) is 2.24. The lowest BCUT2D eigenvalue weighted by molar-refractivity contribution is -0.133. The molecule has 1 atom stereocenters. The number of hydrogen-bond acceptors (Lipinski definition) is 3. The summed E-state index contributed by atoms with van der Waals surface area (Å²) in [6.45, 7) is 0.638. The third kappa shape index (κ3) is 2.40. The first-order chi connectivity index (χ1) is 8.74. The van der Waals surface area contributed by atoms with Crippen molar-refractivity contribution >= 4 is 17.4 Å². The molecule has 0 N–H and O–H groups in total. The lowest BCUT2D eigenvalue weighted by Gasteiger charge is -2.31. The van der Waals surface area contributed by atoms with E-state index in [2.05, 4.69) is 0 Å². The number of anilines is 1. The molecular weight excluding hydrogens is 228 g/mol. The van der Waals surface area contributed by atoms with Gasteiger partial charge in [-0.05, 0) is 25.0 Å². The van der Waals surface area contributed by atoms with Crippen molar-refractivity contribution in [2.45, 2.75) is 19.3 Å². The Bertz CT molecular complexity index is 490. The predicted molar refractivity (Wildman–Crippen MR) is 66.8 cm³/mol. The quantitative estimate of drug-likeness (QED) is 0.761. The number of amides is 1. The molecule has 18 heavy (non-hydrogen) atoms. The molecule has 1 aromatic rings. The standard InChI is InChI=1S/C14H14N2O2/c15-9-8-13(17)12-7-4-10-16(14(12)18)11-5-2-1-3-6-11/h1-3,5-6,12H,4,7-8,10H2/t12-/m1/s1. The first kappa shape index (κ1) is 12.3. The van der Waals surface area contributed by atoms with Gasteiger partial charge in [0.15, 0.2) is 5.78 Å². The van der Waals surface area contributed by atoms with E-state index in [0.717, 1.165) is 12.1 Å². The molecule has 1 heterocycles. The van der Waals surface area contributed by atoms with Gasteiger partial charge in [0.25, 0.3) is 0 Å². The second-order valence-corrected chi connectivity index (χ2v) is 4.32. The molecule has 92 valence electrons. The van der Waals surface area contributed by atoms with Crippen molar-refractivity contribution in [3.05, 3.63) is 30.3 Å². The van der Waals surface area contributed by atoms with E-state index in [1.54, 1.807) is 4.90 Å². The molecule has 1 aliphatic heterocycles. The van der Waals surface area contributed by atoms with Gasteiger partial charge < -0.3 is 4.90 Å². The topological polar surface area (TPSA) is 61.2 Å². The van der Waals surface area contributed by atoms with Crippen molar-refractivity contribution in [2.75, 3.05) is 11.4 Å². The van der Waals surface area contributed by atoms with E-state index in [1.807, 2.05) is 36.4 Å². The van der Waals surface area contributed by atoms with Gasteiger partial charge in [-0.15, -0.1) is 0 Å². The van der Waals surface area contributed by atoms with Gasteiger partial charge in [-0.25, -0.2) is 0 Å². The lowest BCUT2D eigenvalue weighted by Crippen LogP contribution is -2.44. The summed E-state index contributed by atoms with van der Waals surface area (Å²) in [5, 5.41) is 8.54. The summed E-state index contributed by atoms with van der Waals surface area (Å²) in [5.74, 6) is -1.07. The second-order valence-electron chi connectivity index (χ2n) is 4.32. The number of para-hydroxylation sites is 1. The summed E-state index contributed by atoms with van der Waals surface area (Å²) < 4.78 is 0. The van der Waals surface area contributed by atoms with Crippen molar-refractivity contribution in [3.63, 3.8) is 0 Å². The Morgan fingerprint density at radius 2 is 2.11 bits per heavy atom. The van der Waals surface area contributed by atoms with Gasteiger partial charge in [-0.2, -0.15) is 5.26 Å². The predicted octanol–water partition coefficient (Wildman–Crippen LogP) is 1.91. The van der Waals surface area contributed by atoms with Gasteiger partial charge in [0.05, 0.1) is 18.4 Å². The number of nitrogens with zero attached hydrogens (tertiary/aromatic N) is 2. The van der Waals surface area contributed by atoms with Crippen LogP contribution in [0.3, 0.4) is 0 Å². The van der Waals surface area contributed by atoms with Crippen LogP contribution in [0, 0.1) is 17.2 Å². The molecule has 4 nitrogen and oxygen atoms in total. The number of benzene rings is 1. The highest BCUT2D eigenvalue weighted by Gasteiger charge is 2.34. The Hall–Kier alpha value is -2.15. The maximum atomic E-state index is 12.2. The zero-order chi connectivity index (χ0) is 13.0. The van der Waals surface area contributed by atoms with Crippen LogP contribution in [0.2, 0.25) is 0 Å². The van der Waals surface area contributed by atoms with Crippen molar-refractivity contribution < 1.29 is 9.59 Å². The molecule has 0 saturated carbocycles. The number of rotatable bonds is 3. The summed E-state index contributed by atoms with van der Waals surface area (Å²) in [4.78, 5) is 25.6. The Morgan fingerprint density at radius 1 is 1.39 bits per heavy atom. The highest BCUT2D eigenvalue weighted by atomic mass is 16.2. The minimum absolute atomic E-state index is 0.173. The average molecular weight is 242 g/mol. The summed E-state index contributed by atoms with van der Waals surface area (Å²) >= 11 is 0. The monoisotopic (exact) mass is 242 g/mol. The fourth-order valence-corrected chi connectivity index (χ4v) is 2.24. The molecule has 0 radical (unpaired) electrons. The molecular formula is C14H14N2O2. The molecule has 1 aromatic carbocycles. The molecule has 1 saturated heterocycles. The van der Waals surface area contributed by atoms with E-state index in [1.165, 1.54) is 0 Å². The van der Waals surface area contributed by atoms with Crippen LogP contribution in [0.5, 0.6) is 0 Å². The molecule has 1 fully saturated rings. The number of ketones is 1. The minimum Gasteiger partial charge on any atom is -0.312 e. The molecule has 1 aliphatic rings. The van der Waals surface area contributed by atoms with Crippen LogP contribution in [0.4, 0.5) is 5.69 Å². The van der Waals surface area contributed by atoms with Crippen LogP contribution in [0.15, 0.2) is 30.3 Å². The van der Waals surface area contributed by atoms with Crippen LogP contribution in [-0.2, 0) is 9.59 Å². The van der Waals surface area contributed by atoms with Crippen molar-refractivity contribution in [1.82, 2.24) is 0 Å². The first-order valence-electron chi connectivity index (χ1n) is 6.00. The van der Waals surface area contributed by atoms with Gasteiger partial charge in [0.1, 0.15) is 0 Å². The van der Waals surface area contributed by atoms with Crippen LogP contribution in [-0.4, -0.2) is 18.2 Å². The zero-order valence-corrected chi connectivity index (χ0v) is 10.0. The second kappa shape index (κ2) is 5.46. The fraction of sp³-hybridized carbons (Fsp3) is 0.357. The molecule has 0 spiro atoms. The normalized spacial score (nSPS) is 19.4. The highest BCUT2D eigenvalue weighted by Crippen LogP contribution is 2.25. The van der Waals surface area contributed by atoms with Gasteiger partial charge in [0, 0.05) is 12.2 Å². The summed E-state index contributed by atoms with van der Waals surface area (Å²) in [6.07, 6.45) is 1.17. The average Bonchev–Trinajstić information content (AvgIpc) is 2.40. The largest absolute Gasteiger partial charge is 0.312 e. The molecule has 4 heteroatoms. The Morgan fingerprint density at radius 3 is 2.78 bits per heavy atom. The summed E-state index contributed by atoms with van der Waals surface area (Å²) in [5.41, 5.74) is 0.817. The smallest absolute Gasteiger partial charge is 0.237 e. The molecule has 0 unspecified atom stereocenters. The maximum Gasteiger partial charge on any atom is 0.237 e. The highest BCUT2D eigenvalue weighted by molar-refractivity contribution is 6.09. The summed E-state index contributed by atoms with van der Waals surface area (Å²) in [7, 11) is 0. The number of Topliss-reactive ketones (excluding diaryl/α,β-unsaturated/α-hetero) is 1. The third-order valence-electron chi connectivity index (χ3n) is 3.15. The SMILES string of the molecule is N#CCC(=O)[C@H]1CCCN(c2ccccc2)C1=O. The molecule has 0 aliphatic carbocycles.